The third-order valence-electron chi connectivity index (χ3n) is 4.22. The minimum Gasteiger partial charge on any atom is -0.493 e. The molecule has 7 nitrogen and oxygen atoms in total. The lowest BCUT2D eigenvalue weighted by Gasteiger charge is -2.09. The first-order chi connectivity index (χ1) is 13.8. The van der Waals surface area contributed by atoms with Crippen LogP contribution in [0.25, 0.3) is 10.2 Å². The van der Waals surface area contributed by atoms with Gasteiger partial charge in [0.15, 0.2) is 26.1 Å². The van der Waals surface area contributed by atoms with Crippen LogP contribution in [-0.2, 0) is 16.4 Å². The van der Waals surface area contributed by atoms with Gasteiger partial charge in [0, 0.05) is 12.8 Å². The summed E-state index contributed by atoms with van der Waals surface area (Å²) in [5.74, 6) is 0.245. The number of sulfone groups is 1. The van der Waals surface area contributed by atoms with Crippen LogP contribution in [0.4, 0.5) is 0 Å². The third-order valence-corrected chi connectivity index (χ3v) is 6.38. The van der Waals surface area contributed by atoms with Crippen molar-refractivity contribution in [2.75, 3.05) is 20.5 Å². The highest BCUT2D eigenvalue weighted by Gasteiger charge is 2.17. The molecule has 2 aromatic carbocycles. The molecule has 1 aromatic heterocycles. The number of nitrogens with zero attached hydrogens (tertiary/aromatic N) is 2. The Morgan fingerprint density at radius 2 is 2.00 bits per heavy atom. The van der Waals surface area contributed by atoms with Crippen LogP contribution in [0.15, 0.2) is 58.9 Å². The SMILES string of the molecule is C=CCn1c(=NC(=O)c2cccc(OC)c2OC)sc2cc(S(C)(=O)=O)ccc21. The number of allylic oxidation sites excluding steroid dienone is 1. The monoisotopic (exact) mass is 432 g/mol. The van der Waals surface area contributed by atoms with Gasteiger partial charge in [-0.15, -0.1) is 6.58 Å². The van der Waals surface area contributed by atoms with Crippen LogP contribution in [0.3, 0.4) is 0 Å². The van der Waals surface area contributed by atoms with Gasteiger partial charge in [-0.05, 0) is 30.3 Å². The number of ether oxygens (including phenoxy) is 2. The van der Waals surface area contributed by atoms with Gasteiger partial charge >= 0.3 is 0 Å². The second-order valence-corrected chi connectivity index (χ2v) is 9.17. The number of para-hydroxylation sites is 1. The molecule has 0 radical (unpaired) electrons. The van der Waals surface area contributed by atoms with Crippen LogP contribution in [0, 0.1) is 0 Å². The number of carbonyl (C=O) groups is 1. The number of methoxy groups -OCH3 is 2. The molecule has 3 aromatic rings. The average molecular weight is 433 g/mol. The topological polar surface area (TPSA) is 87.0 Å². The van der Waals surface area contributed by atoms with Crippen molar-refractivity contribution >= 4 is 37.3 Å². The molecule has 1 heterocycles. The summed E-state index contributed by atoms with van der Waals surface area (Å²) >= 11 is 1.23. The van der Waals surface area contributed by atoms with E-state index in [4.69, 9.17) is 9.47 Å². The number of rotatable bonds is 6. The molecule has 0 fully saturated rings. The Hall–Kier alpha value is -2.91. The lowest BCUT2D eigenvalue weighted by atomic mass is 10.2. The van der Waals surface area contributed by atoms with Gasteiger partial charge in [0.25, 0.3) is 5.91 Å². The molecular weight excluding hydrogens is 412 g/mol. The first-order valence-corrected chi connectivity index (χ1v) is 11.2. The first-order valence-electron chi connectivity index (χ1n) is 8.54. The van der Waals surface area contributed by atoms with Crippen LogP contribution >= 0.6 is 11.3 Å². The molecule has 152 valence electrons. The molecule has 0 aliphatic carbocycles. The van der Waals surface area contributed by atoms with Crippen molar-refractivity contribution in [2.24, 2.45) is 4.99 Å². The van der Waals surface area contributed by atoms with Gasteiger partial charge in [-0.25, -0.2) is 8.42 Å². The highest BCUT2D eigenvalue weighted by Crippen LogP contribution is 2.31. The summed E-state index contributed by atoms with van der Waals surface area (Å²) in [6, 6.07) is 9.83. The lowest BCUT2D eigenvalue weighted by Crippen LogP contribution is -2.16. The zero-order chi connectivity index (χ0) is 21.2. The van der Waals surface area contributed by atoms with Crippen LogP contribution < -0.4 is 14.3 Å². The fraction of sp³-hybridized carbons (Fsp3) is 0.200. The Kier molecular flexibility index (Phi) is 5.90. The molecule has 0 N–H and O–H groups in total. The molecule has 9 heteroatoms. The van der Waals surface area contributed by atoms with Gasteiger partial charge in [0.1, 0.15) is 0 Å². The maximum atomic E-state index is 12.9. The zero-order valence-corrected chi connectivity index (χ0v) is 17.8. The van der Waals surface area contributed by atoms with Crippen LogP contribution in [0.1, 0.15) is 10.4 Å². The molecule has 29 heavy (non-hydrogen) atoms. The van der Waals surface area contributed by atoms with E-state index in [1.165, 1.54) is 25.6 Å². The summed E-state index contributed by atoms with van der Waals surface area (Å²) < 4.78 is 36.8. The molecule has 0 saturated heterocycles. The molecule has 0 atom stereocenters. The number of aromatic nitrogens is 1. The summed E-state index contributed by atoms with van der Waals surface area (Å²) in [6.45, 7) is 4.17. The summed E-state index contributed by atoms with van der Waals surface area (Å²) in [7, 11) is -0.394. The minimum atomic E-state index is -3.34. The van der Waals surface area contributed by atoms with Crippen LogP contribution in [-0.4, -0.2) is 39.4 Å². The number of hydrogen-bond acceptors (Lipinski definition) is 6. The van der Waals surface area contributed by atoms with E-state index in [1.54, 1.807) is 42.5 Å². The van der Waals surface area contributed by atoms with Gasteiger partial charge in [-0.2, -0.15) is 4.99 Å². The van der Waals surface area contributed by atoms with Crippen molar-refractivity contribution in [3.63, 3.8) is 0 Å². The summed E-state index contributed by atoms with van der Waals surface area (Å²) in [4.78, 5) is 17.8. The van der Waals surface area contributed by atoms with Crippen molar-refractivity contribution < 1.29 is 22.7 Å². The normalized spacial score (nSPS) is 12.2. The number of fused-ring (bicyclic) bond motifs is 1. The Labute approximate surface area is 172 Å². The number of hydrogen-bond donors (Lipinski definition) is 0. The predicted molar refractivity (Wildman–Crippen MR) is 113 cm³/mol. The standard InChI is InChI=1S/C20H20N2O5S2/c1-5-11-22-15-10-9-13(29(4,24)25)12-17(15)28-20(22)21-19(23)14-7-6-8-16(26-2)18(14)27-3/h5-10,12H,1,11H2,2-4H3. The second-order valence-electron chi connectivity index (χ2n) is 6.14. The van der Waals surface area contributed by atoms with Gasteiger partial charge in [-0.1, -0.05) is 23.5 Å². The van der Waals surface area contributed by atoms with Gasteiger partial charge in [-0.3, -0.25) is 4.79 Å². The average Bonchev–Trinajstić information content (AvgIpc) is 3.03. The zero-order valence-electron chi connectivity index (χ0n) is 16.2. The second kappa shape index (κ2) is 8.22. The summed E-state index contributed by atoms with van der Waals surface area (Å²) in [5.41, 5.74) is 1.04. The Morgan fingerprint density at radius 3 is 2.62 bits per heavy atom. The summed E-state index contributed by atoms with van der Waals surface area (Å²) in [5, 5.41) is 0. The van der Waals surface area contributed by atoms with E-state index in [-0.39, 0.29) is 10.5 Å². The van der Waals surface area contributed by atoms with E-state index in [9.17, 15) is 13.2 Å². The maximum Gasteiger partial charge on any atom is 0.283 e. The predicted octanol–water partition coefficient (Wildman–Crippen LogP) is 3.05. The molecular formula is C20H20N2O5S2. The Balaban J connectivity index is 2.20. The van der Waals surface area contributed by atoms with Crippen molar-refractivity contribution in [1.82, 2.24) is 4.57 Å². The van der Waals surface area contributed by atoms with Crippen LogP contribution in [0.5, 0.6) is 11.5 Å². The number of carbonyl (C=O) groups excluding carboxylic acids is 1. The number of amides is 1. The smallest absolute Gasteiger partial charge is 0.283 e. The van der Waals surface area contributed by atoms with Gasteiger partial charge in [0.05, 0.1) is 34.9 Å². The van der Waals surface area contributed by atoms with E-state index in [0.717, 1.165) is 11.8 Å². The minimum absolute atomic E-state index is 0.212. The van der Waals surface area contributed by atoms with Crippen molar-refractivity contribution in [3.8, 4) is 11.5 Å². The van der Waals surface area contributed by atoms with Gasteiger partial charge < -0.3 is 14.0 Å². The fourth-order valence-corrected chi connectivity index (χ4v) is 4.68. The lowest BCUT2D eigenvalue weighted by molar-refractivity contribution is 0.0994. The van der Waals surface area contributed by atoms with E-state index in [0.29, 0.717) is 27.5 Å². The first kappa shape index (κ1) is 20.8. The molecule has 0 bridgehead atoms. The number of thiazole rings is 1. The maximum absolute atomic E-state index is 12.9. The summed E-state index contributed by atoms with van der Waals surface area (Å²) in [6.07, 6.45) is 2.84. The van der Waals surface area contributed by atoms with Crippen molar-refractivity contribution in [2.45, 2.75) is 11.4 Å². The van der Waals surface area contributed by atoms with E-state index < -0.39 is 15.7 Å². The largest absolute Gasteiger partial charge is 0.493 e. The number of benzene rings is 2. The highest BCUT2D eigenvalue weighted by molar-refractivity contribution is 7.90. The van der Waals surface area contributed by atoms with E-state index >= 15 is 0 Å². The van der Waals surface area contributed by atoms with Gasteiger partial charge in [0.2, 0.25) is 0 Å². The molecule has 3 rings (SSSR count). The van der Waals surface area contributed by atoms with Crippen molar-refractivity contribution in [1.29, 1.82) is 0 Å². The van der Waals surface area contributed by atoms with Crippen LogP contribution in [0.2, 0.25) is 0 Å². The highest BCUT2D eigenvalue weighted by atomic mass is 32.2. The van der Waals surface area contributed by atoms with Crippen molar-refractivity contribution in [3.05, 3.63) is 59.4 Å². The molecule has 0 aliphatic rings. The fourth-order valence-electron chi connectivity index (χ4n) is 2.88. The van der Waals surface area contributed by atoms with E-state index in [2.05, 4.69) is 11.6 Å². The molecule has 0 saturated carbocycles. The quantitative estimate of drug-likeness (QED) is 0.559. The third kappa shape index (κ3) is 4.10. The molecule has 0 unspecified atom stereocenters. The Morgan fingerprint density at radius 1 is 1.24 bits per heavy atom. The molecule has 0 spiro atoms. The molecule has 1 amide bonds. The Bertz CT molecular complexity index is 1270. The van der Waals surface area contributed by atoms with E-state index in [1.807, 2.05) is 4.57 Å². The molecule has 0 aliphatic heterocycles.